The molecule has 3 rings (SSSR count). The number of rotatable bonds is 8. The molecule has 0 spiro atoms. The van der Waals surface area contributed by atoms with Crippen LogP contribution in [0.2, 0.25) is 0 Å². The number of aliphatic imine (C=N–C) groups is 1. The Morgan fingerprint density at radius 3 is 2.96 bits per heavy atom. The van der Waals surface area contributed by atoms with Gasteiger partial charge in [-0.05, 0) is 6.42 Å². The Labute approximate surface area is 165 Å². The lowest BCUT2D eigenvalue weighted by molar-refractivity contribution is 0.0536. The number of hydrogen-bond donors (Lipinski definition) is 1. The molecule has 0 bridgehead atoms. The average Bonchev–Trinajstić information content (AvgIpc) is 3.37. The van der Waals surface area contributed by atoms with Crippen molar-refractivity contribution in [1.29, 1.82) is 0 Å². The Hall–Kier alpha value is -1.96. The molecule has 1 unspecified atom stereocenters. The van der Waals surface area contributed by atoms with Crippen molar-refractivity contribution >= 4 is 17.3 Å². The first-order chi connectivity index (χ1) is 13.3. The third-order valence-electron chi connectivity index (χ3n) is 4.58. The molecule has 1 N–H and O–H groups in total. The number of nitrogens with zero attached hydrogens (tertiary/aromatic N) is 3. The highest BCUT2D eigenvalue weighted by Gasteiger charge is 2.25. The first-order valence-corrected chi connectivity index (χ1v) is 10.2. The van der Waals surface area contributed by atoms with Crippen molar-refractivity contribution in [2.75, 3.05) is 47.1 Å². The third-order valence-corrected chi connectivity index (χ3v) is 5.52. The summed E-state index contributed by atoms with van der Waals surface area (Å²) >= 11 is 1.68. The van der Waals surface area contributed by atoms with Gasteiger partial charge in [-0.15, -0.1) is 11.3 Å². The van der Waals surface area contributed by atoms with Crippen LogP contribution in [0.25, 0.3) is 10.6 Å². The molecule has 1 aromatic carbocycles. The number of thiazole rings is 1. The second kappa shape index (κ2) is 10.4. The maximum Gasteiger partial charge on any atom is 0.193 e. The summed E-state index contributed by atoms with van der Waals surface area (Å²) in [4.78, 5) is 11.5. The molecule has 7 heteroatoms. The zero-order valence-corrected chi connectivity index (χ0v) is 16.9. The van der Waals surface area contributed by atoms with E-state index in [1.807, 2.05) is 25.2 Å². The predicted molar refractivity (Wildman–Crippen MR) is 110 cm³/mol. The minimum atomic E-state index is 0.546. The molecule has 27 heavy (non-hydrogen) atoms. The van der Waals surface area contributed by atoms with Gasteiger partial charge in [-0.2, -0.15) is 0 Å². The predicted octanol–water partition coefficient (Wildman–Crippen LogP) is 2.87. The van der Waals surface area contributed by atoms with E-state index in [9.17, 15) is 0 Å². The number of aromatic nitrogens is 1. The van der Waals surface area contributed by atoms with Crippen LogP contribution in [-0.4, -0.2) is 62.9 Å². The van der Waals surface area contributed by atoms with Crippen molar-refractivity contribution < 1.29 is 9.47 Å². The monoisotopic (exact) mass is 388 g/mol. The lowest BCUT2D eigenvalue weighted by Gasteiger charge is -2.21. The highest BCUT2D eigenvalue weighted by molar-refractivity contribution is 7.13. The molecule has 0 aliphatic carbocycles. The fraction of sp³-hybridized carbons (Fsp3) is 0.500. The van der Waals surface area contributed by atoms with Gasteiger partial charge in [0.2, 0.25) is 0 Å². The summed E-state index contributed by atoms with van der Waals surface area (Å²) in [5.74, 6) is 1.48. The second-order valence-corrected chi connectivity index (χ2v) is 7.44. The number of nitrogens with one attached hydrogen (secondary N) is 1. The van der Waals surface area contributed by atoms with Gasteiger partial charge in [-0.25, -0.2) is 4.98 Å². The summed E-state index contributed by atoms with van der Waals surface area (Å²) in [6.07, 6.45) is 1.13. The zero-order chi connectivity index (χ0) is 18.9. The molecule has 1 atom stereocenters. The van der Waals surface area contributed by atoms with Crippen molar-refractivity contribution in [2.24, 2.45) is 10.9 Å². The Balaban J connectivity index is 1.47. The maximum absolute atomic E-state index is 5.67. The Kier molecular flexibility index (Phi) is 7.62. The van der Waals surface area contributed by atoms with Crippen LogP contribution in [0.4, 0.5) is 0 Å². The van der Waals surface area contributed by atoms with Gasteiger partial charge < -0.3 is 19.7 Å². The van der Waals surface area contributed by atoms with E-state index in [1.54, 1.807) is 18.4 Å². The first kappa shape index (κ1) is 19.8. The van der Waals surface area contributed by atoms with E-state index in [4.69, 9.17) is 14.5 Å². The average molecular weight is 389 g/mol. The summed E-state index contributed by atoms with van der Waals surface area (Å²) in [7, 11) is 3.53. The Morgan fingerprint density at radius 1 is 1.33 bits per heavy atom. The molecular weight excluding hydrogens is 360 g/mol. The van der Waals surface area contributed by atoms with Crippen LogP contribution in [0.15, 0.2) is 40.7 Å². The van der Waals surface area contributed by atoms with Crippen LogP contribution in [0.1, 0.15) is 12.1 Å². The Morgan fingerprint density at radius 2 is 2.19 bits per heavy atom. The number of likely N-dealkylation sites (tertiary alicyclic amines) is 1. The molecule has 1 fully saturated rings. The van der Waals surface area contributed by atoms with Gasteiger partial charge in [0.25, 0.3) is 0 Å². The highest BCUT2D eigenvalue weighted by Crippen LogP contribution is 2.23. The number of ether oxygens (including phenoxy) is 2. The number of benzene rings is 1. The fourth-order valence-corrected chi connectivity index (χ4v) is 3.98. The largest absolute Gasteiger partial charge is 0.382 e. The van der Waals surface area contributed by atoms with E-state index < -0.39 is 0 Å². The first-order valence-electron chi connectivity index (χ1n) is 9.32. The fourth-order valence-electron chi connectivity index (χ4n) is 3.16. The van der Waals surface area contributed by atoms with Gasteiger partial charge in [-0.3, -0.25) is 4.99 Å². The van der Waals surface area contributed by atoms with Crippen molar-refractivity contribution in [3.8, 4) is 10.6 Å². The minimum absolute atomic E-state index is 0.546. The summed E-state index contributed by atoms with van der Waals surface area (Å²) in [5, 5.41) is 6.61. The molecule has 1 aliphatic heterocycles. The van der Waals surface area contributed by atoms with Crippen molar-refractivity contribution in [3.63, 3.8) is 0 Å². The van der Waals surface area contributed by atoms with Crippen LogP contribution < -0.4 is 5.32 Å². The lowest BCUT2D eigenvalue weighted by Crippen LogP contribution is -2.40. The molecule has 1 aromatic heterocycles. The van der Waals surface area contributed by atoms with Crippen LogP contribution in [-0.2, 0) is 16.0 Å². The van der Waals surface area contributed by atoms with Crippen molar-refractivity contribution in [1.82, 2.24) is 15.2 Å². The highest BCUT2D eigenvalue weighted by atomic mass is 32.1. The number of methoxy groups -OCH3 is 1. The van der Waals surface area contributed by atoms with E-state index in [1.165, 1.54) is 0 Å². The molecule has 1 saturated heterocycles. The smallest absolute Gasteiger partial charge is 0.193 e. The van der Waals surface area contributed by atoms with E-state index in [0.29, 0.717) is 25.7 Å². The topological polar surface area (TPSA) is 59.0 Å². The molecule has 0 saturated carbocycles. The standard InChI is InChI=1S/C20H28N4O2S/c1-21-20(24-9-8-16(13-24)14-26-11-10-25-2)22-12-18-15-27-19(23-18)17-6-4-3-5-7-17/h3-7,15-16H,8-14H2,1-2H3,(H,21,22). The van der Waals surface area contributed by atoms with Crippen LogP contribution in [0.5, 0.6) is 0 Å². The quantitative estimate of drug-likeness (QED) is 0.428. The summed E-state index contributed by atoms with van der Waals surface area (Å²) in [6, 6.07) is 10.3. The van der Waals surface area contributed by atoms with Gasteiger partial charge >= 0.3 is 0 Å². The van der Waals surface area contributed by atoms with Gasteiger partial charge in [0.1, 0.15) is 5.01 Å². The lowest BCUT2D eigenvalue weighted by atomic mass is 10.1. The molecule has 146 valence electrons. The van der Waals surface area contributed by atoms with Gasteiger partial charge in [-0.1, -0.05) is 30.3 Å². The van der Waals surface area contributed by atoms with Crippen LogP contribution >= 0.6 is 11.3 Å². The van der Waals surface area contributed by atoms with Gasteiger partial charge in [0, 0.05) is 44.1 Å². The van der Waals surface area contributed by atoms with Gasteiger partial charge in [0.05, 0.1) is 32.1 Å². The zero-order valence-electron chi connectivity index (χ0n) is 16.1. The SMILES string of the molecule is CN=C(NCc1csc(-c2ccccc2)n1)N1CCC(COCCOC)C1. The summed E-state index contributed by atoms with van der Waals surface area (Å²) < 4.78 is 10.7. The van der Waals surface area contributed by atoms with Crippen LogP contribution in [0.3, 0.4) is 0 Å². The molecular formula is C20H28N4O2S. The van der Waals surface area contributed by atoms with Crippen molar-refractivity contribution in [3.05, 3.63) is 41.4 Å². The number of hydrogen-bond acceptors (Lipinski definition) is 5. The van der Waals surface area contributed by atoms with E-state index in [0.717, 1.165) is 48.3 Å². The molecule has 0 radical (unpaired) electrons. The second-order valence-electron chi connectivity index (χ2n) is 6.58. The maximum atomic E-state index is 5.67. The molecule has 1 aliphatic rings. The van der Waals surface area contributed by atoms with E-state index >= 15 is 0 Å². The number of guanidine groups is 1. The van der Waals surface area contributed by atoms with E-state index in [2.05, 4.69) is 32.7 Å². The summed E-state index contributed by atoms with van der Waals surface area (Å²) in [5.41, 5.74) is 2.20. The van der Waals surface area contributed by atoms with Crippen molar-refractivity contribution in [2.45, 2.75) is 13.0 Å². The molecule has 0 amide bonds. The van der Waals surface area contributed by atoms with Crippen LogP contribution in [0, 0.1) is 5.92 Å². The molecule has 6 nitrogen and oxygen atoms in total. The van der Waals surface area contributed by atoms with Gasteiger partial charge in [0.15, 0.2) is 5.96 Å². The third kappa shape index (κ3) is 5.76. The normalized spacial score (nSPS) is 17.5. The molecule has 2 aromatic rings. The summed E-state index contributed by atoms with van der Waals surface area (Å²) in [6.45, 7) is 4.75. The minimum Gasteiger partial charge on any atom is -0.382 e. The molecule has 2 heterocycles. The Bertz CT molecular complexity index is 720. The van der Waals surface area contributed by atoms with E-state index in [-0.39, 0.29) is 0 Å².